The van der Waals surface area contributed by atoms with E-state index in [4.69, 9.17) is 10.2 Å². The standard InChI is InChI=1S/C15H16N2O5/c1-17-8-9(10-4-2-3-5-12(10)17)6-13(18)16-11(15(21)22)7-14(19)20/h2-5,8,11H,6-7H2,1H3,(H,16,18)(H,19,20)(H,21,22). The molecule has 1 heterocycles. The van der Waals surface area contributed by atoms with Crippen LogP contribution in [0.4, 0.5) is 0 Å². The van der Waals surface area contributed by atoms with Crippen molar-refractivity contribution in [3.63, 3.8) is 0 Å². The van der Waals surface area contributed by atoms with Gasteiger partial charge in [0, 0.05) is 24.1 Å². The molecule has 0 aliphatic rings. The van der Waals surface area contributed by atoms with Gasteiger partial charge in [-0.15, -0.1) is 0 Å². The Hall–Kier alpha value is -2.83. The van der Waals surface area contributed by atoms with E-state index in [1.54, 1.807) is 6.20 Å². The predicted octanol–water partition coefficient (Wildman–Crippen LogP) is 0.765. The molecule has 3 N–H and O–H groups in total. The Morgan fingerprint density at radius 3 is 2.55 bits per heavy atom. The van der Waals surface area contributed by atoms with Crippen LogP contribution in [-0.4, -0.2) is 38.7 Å². The summed E-state index contributed by atoms with van der Waals surface area (Å²) in [5, 5.41) is 20.7. The number of carboxylic acid groups (broad SMARTS) is 2. The first-order valence-electron chi connectivity index (χ1n) is 6.65. The lowest BCUT2D eigenvalue weighted by atomic mass is 10.1. The van der Waals surface area contributed by atoms with Crippen molar-refractivity contribution in [3.8, 4) is 0 Å². The molecule has 7 heteroatoms. The maximum atomic E-state index is 12.0. The van der Waals surface area contributed by atoms with Crippen LogP contribution in [0.15, 0.2) is 30.5 Å². The monoisotopic (exact) mass is 304 g/mol. The molecule has 116 valence electrons. The first-order valence-corrected chi connectivity index (χ1v) is 6.65. The third-order valence-corrected chi connectivity index (χ3v) is 3.34. The molecule has 2 rings (SSSR count). The number of carboxylic acids is 2. The summed E-state index contributed by atoms with van der Waals surface area (Å²) >= 11 is 0. The van der Waals surface area contributed by atoms with Gasteiger partial charge in [-0.2, -0.15) is 0 Å². The number of nitrogens with one attached hydrogen (secondary N) is 1. The van der Waals surface area contributed by atoms with Gasteiger partial charge in [-0.05, 0) is 11.6 Å². The van der Waals surface area contributed by atoms with Crippen molar-refractivity contribution in [2.24, 2.45) is 7.05 Å². The first-order chi connectivity index (χ1) is 10.4. The first kappa shape index (κ1) is 15.6. The summed E-state index contributed by atoms with van der Waals surface area (Å²) in [4.78, 5) is 33.6. The molecular weight excluding hydrogens is 288 g/mol. The van der Waals surface area contributed by atoms with E-state index in [9.17, 15) is 14.4 Å². The summed E-state index contributed by atoms with van der Waals surface area (Å²) in [7, 11) is 1.86. The number of rotatable bonds is 6. The van der Waals surface area contributed by atoms with Crippen molar-refractivity contribution in [3.05, 3.63) is 36.0 Å². The fraction of sp³-hybridized carbons (Fsp3) is 0.267. The molecule has 0 spiro atoms. The van der Waals surface area contributed by atoms with Crippen LogP contribution in [-0.2, 0) is 27.9 Å². The number of aliphatic carboxylic acids is 2. The van der Waals surface area contributed by atoms with Crippen molar-refractivity contribution in [2.75, 3.05) is 0 Å². The van der Waals surface area contributed by atoms with Gasteiger partial charge in [0.2, 0.25) is 5.91 Å². The highest BCUT2D eigenvalue weighted by molar-refractivity contribution is 5.91. The van der Waals surface area contributed by atoms with Gasteiger partial charge in [-0.1, -0.05) is 18.2 Å². The molecular formula is C15H16N2O5. The number of aryl methyl sites for hydroxylation is 1. The number of para-hydroxylation sites is 1. The highest BCUT2D eigenvalue weighted by atomic mass is 16.4. The van der Waals surface area contributed by atoms with Crippen LogP contribution in [0.2, 0.25) is 0 Å². The third-order valence-electron chi connectivity index (χ3n) is 3.34. The smallest absolute Gasteiger partial charge is 0.326 e. The molecule has 2 aromatic rings. The zero-order chi connectivity index (χ0) is 16.3. The number of carbonyl (C=O) groups is 3. The van der Waals surface area contributed by atoms with Crippen LogP contribution in [0.1, 0.15) is 12.0 Å². The number of fused-ring (bicyclic) bond motifs is 1. The Balaban J connectivity index is 2.13. The second-order valence-electron chi connectivity index (χ2n) is 5.02. The summed E-state index contributed by atoms with van der Waals surface area (Å²) in [5.41, 5.74) is 1.72. The van der Waals surface area contributed by atoms with E-state index in [1.165, 1.54) is 0 Å². The van der Waals surface area contributed by atoms with Gasteiger partial charge in [0.1, 0.15) is 6.04 Å². The highest BCUT2D eigenvalue weighted by Gasteiger charge is 2.23. The Labute approximate surface area is 126 Å². The minimum atomic E-state index is -1.43. The average Bonchev–Trinajstić information content (AvgIpc) is 2.74. The Morgan fingerprint density at radius 1 is 1.23 bits per heavy atom. The van der Waals surface area contributed by atoms with Gasteiger partial charge in [0.15, 0.2) is 0 Å². The topological polar surface area (TPSA) is 109 Å². The molecule has 1 amide bonds. The molecule has 0 saturated carbocycles. The number of benzene rings is 1. The van der Waals surface area contributed by atoms with Gasteiger partial charge in [0.25, 0.3) is 0 Å². The molecule has 22 heavy (non-hydrogen) atoms. The molecule has 0 bridgehead atoms. The molecule has 1 atom stereocenters. The molecule has 0 aliphatic heterocycles. The van der Waals surface area contributed by atoms with E-state index in [0.717, 1.165) is 16.5 Å². The van der Waals surface area contributed by atoms with Gasteiger partial charge < -0.3 is 20.1 Å². The van der Waals surface area contributed by atoms with Crippen LogP contribution in [0, 0.1) is 0 Å². The molecule has 1 aromatic carbocycles. The molecule has 1 unspecified atom stereocenters. The SMILES string of the molecule is Cn1cc(CC(=O)NC(CC(=O)O)C(=O)O)c2ccccc21. The van der Waals surface area contributed by atoms with Crippen LogP contribution in [0.5, 0.6) is 0 Å². The van der Waals surface area contributed by atoms with E-state index in [1.807, 2.05) is 35.9 Å². The summed E-state index contributed by atoms with van der Waals surface area (Å²) < 4.78 is 1.88. The van der Waals surface area contributed by atoms with E-state index >= 15 is 0 Å². The van der Waals surface area contributed by atoms with Gasteiger partial charge >= 0.3 is 11.9 Å². The summed E-state index contributed by atoms with van der Waals surface area (Å²) in [5.74, 6) is -3.17. The number of nitrogens with zero attached hydrogens (tertiary/aromatic N) is 1. The minimum absolute atomic E-state index is 0.00917. The van der Waals surface area contributed by atoms with Gasteiger partial charge in [-0.3, -0.25) is 9.59 Å². The highest BCUT2D eigenvalue weighted by Crippen LogP contribution is 2.20. The maximum absolute atomic E-state index is 12.0. The lowest BCUT2D eigenvalue weighted by Gasteiger charge is -2.12. The van der Waals surface area contributed by atoms with E-state index in [-0.39, 0.29) is 6.42 Å². The Morgan fingerprint density at radius 2 is 1.91 bits per heavy atom. The second kappa shape index (κ2) is 6.30. The number of amides is 1. The lowest BCUT2D eigenvalue weighted by molar-refractivity contribution is -0.147. The number of hydrogen-bond acceptors (Lipinski definition) is 3. The van der Waals surface area contributed by atoms with Crippen molar-refractivity contribution in [1.29, 1.82) is 0 Å². The van der Waals surface area contributed by atoms with E-state index in [0.29, 0.717) is 0 Å². The molecule has 0 fully saturated rings. The second-order valence-corrected chi connectivity index (χ2v) is 5.02. The fourth-order valence-corrected chi connectivity index (χ4v) is 2.36. The van der Waals surface area contributed by atoms with Crippen LogP contribution < -0.4 is 5.32 Å². The van der Waals surface area contributed by atoms with Crippen LogP contribution >= 0.6 is 0 Å². The minimum Gasteiger partial charge on any atom is -0.481 e. The predicted molar refractivity (Wildman–Crippen MR) is 78.4 cm³/mol. The Kier molecular flexibility index (Phi) is 4.45. The van der Waals surface area contributed by atoms with Crippen molar-refractivity contribution < 1.29 is 24.6 Å². The van der Waals surface area contributed by atoms with Gasteiger partial charge in [-0.25, -0.2) is 4.79 Å². The zero-order valence-electron chi connectivity index (χ0n) is 11.9. The van der Waals surface area contributed by atoms with Crippen LogP contribution in [0.25, 0.3) is 10.9 Å². The number of carbonyl (C=O) groups excluding carboxylic acids is 1. The summed E-state index contributed by atoms with van der Waals surface area (Å²) in [6.07, 6.45) is 1.14. The lowest BCUT2D eigenvalue weighted by Crippen LogP contribution is -2.42. The zero-order valence-corrected chi connectivity index (χ0v) is 11.9. The maximum Gasteiger partial charge on any atom is 0.326 e. The normalized spacial score (nSPS) is 12.0. The largest absolute Gasteiger partial charge is 0.481 e. The molecule has 7 nitrogen and oxygen atoms in total. The fourth-order valence-electron chi connectivity index (χ4n) is 2.36. The van der Waals surface area contributed by atoms with Gasteiger partial charge in [0.05, 0.1) is 12.8 Å². The Bertz CT molecular complexity index is 735. The summed E-state index contributed by atoms with van der Waals surface area (Å²) in [6, 6.07) is 6.11. The molecule has 1 aromatic heterocycles. The van der Waals surface area contributed by atoms with E-state index < -0.39 is 30.3 Å². The van der Waals surface area contributed by atoms with Crippen molar-refractivity contribution in [1.82, 2.24) is 9.88 Å². The van der Waals surface area contributed by atoms with E-state index in [2.05, 4.69) is 5.32 Å². The van der Waals surface area contributed by atoms with Crippen molar-refractivity contribution >= 4 is 28.7 Å². The number of aromatic nitrogens is 1. The third kappa shape index (κ3) is 3.43. The average molecular weight is 304 g/mol. The molecule has 0 radical (unpaired) electrons. The molecule has 0 saturated heterocycles. The van der Waals surface area contributed by atoms with Crippen LogP contribution in [0.3, 0.4) is 0 Å². The molecule has 0 aliphatic carbocycles. The summed E-state index contributed by atoms with van der Waals surface area (Å²) in [6.45, 7) is 0. The van der Waals surface area contributed by atoms with Crippen molar-refractivity contribution in [2.45, 2.75) is 18.9 Å². The quantitative estimate of drug-likeness (QED) is 0.730. The number of hydrogen-bond donors (Lipinski definition) is 3.